The van der Waals surface area contributed by atoms with E-state index in [0.717, 1.165) is 31.1 Å². The molecule has 1 aromatic heterocycles. The number of hydrogen-bond acceptors (Lipinski definition) is 5. The molecule has 102 valence electrons. The second kappa shape index (κ2) is 6.69. The molecular weight excluding hydrogens is 396 g/mol. The second-order valence-electron chi connectivity index (χ2n) is 3.64. The Kier molecular flexibility index (Phi) is 5.20. The van der Waals surface area contributed by atoms with E-state index < -0.39 is 0 Å². The van der Waals surface area contributed by atoms with Crippen LogP contribution in [-0.4, -0.2) is 12.1 Å². The lowest BCUT2D eigenvalue weighted by Crippen LogP contribution is -1.99. The summed E-state index contributed by atoms with van der Waals surface area (Å²) in [6.45, 7) is 0.871. The molecule has 1 heterocycles. The Hall–Kier alpha value is -0.630. The van der Waals surface area contributed by atoms with Crippen LogP contribution in [0.1, 0.15) is 10.7 Å². The molecule has 0 unspecified atom stereocenters. The molecule has 2 aromatic rings. The minimum Gasteiger partial charge on any atom is -0.496 e. The second-order valence-corrected chi connectivity index (χ2v) is 6.29. The smallest absolute Gasteiger partial charge is 0.135 e. The number of ether oxygens (including phenoxy) is 2. The lowest BCUT2D eigenvalue weighted by Gasteiger charge is -2.10. The average Bonchev–Trinajstić information content (AvgIpc) is 2.87. The number of nitrogens with two attached hydrogens (primary N) is 1. The van der Waals surface area contributed by atoms with Gasteiger partial charge in [0, 0.05) is 11.9 Å². The van der Waals surface area contributed by atoms with E-state index >= 15 is 0 Å². The highest BCUT2D eigenvalue weighted by Gasteiger charge is 2.09. The summed E-state index contributed by atoms with van der Waals surface area (Å²) in [5.74, 6) is 1.48. The molecule has 4 nitrogen and oxygen atoms in total. The standard InChI is InChI=1S/C12H12Br2N2O2S/c1-17-10-2-9(14)11(3-8(10)13)18-5-7-6-19-12(4-15)16-7/h2-3,6H,4-5,15H2,1H3. The van der Waals surface area contributed by atoms with Crippen molar-refractivity contribution in [3.05, 3.63) is 37.2 Å². The summed E-state index contributed by atoms with van der Waals surface area (Å²) in [6, 6.07) is 3.71. The van der Waals surface area contributed by atoms with Gasteiger partial charge < -0.3 is 15.2 Å². The molecule has 19 heavy (non-hydrogen) atoms. The highest BCUT2D eigenvalue weighted by molar-refractivity contribution is 9.11. The zero-order valence-corrected chi connectivity index (χ0v) is 14.1. The molecule has 0 atom stereocenters. The first-order valence-electron chi connectivity index (χ1n) is 5.43. The maximum Gasteiger partial charge on any atom is 0.135 e. The molecule has 0 spiro atoms. The molecule has 0 aliphatic rings. The Bertz CT molecular complexity index is 575. The molecule has 2 N–H and O–H groups in total. The van der Waals surface area contributed by atoms with E-state index in [2.05, 4.69) is 36.8 Å². The molecule has 0 aliphatic carbocycles. The highest BCUT2D eigenvalue weighted by atomic mass is 79.9. The third kappa shape index (κ3) is 3.68. The van der Waals surface area contributed by atoms with E-state index in [1.54, 1.807) is 18.4 Å². The molecule has 1 aromatic carbocycles. The third-order valence-corrected chi connectivity index (χ3v) is 4.52. The fourth-order valence-corrected chi connectivity index (χ4v) is 3.02. The lowest BCUT2D eigenvalue weighted by atomic mass is 10.3. The van der Waals surface area contributed by atoms with Crippen molar-refractivity contribution in [2.75, 3.05) is 7.11 Å². The van der Waals surface area contributed by atoms with Crippen molar-refractivity contribution in [1.82, 2.24) is 4.98 Å². The monoisotopic (exact) mass is 406 g/mol. The van der Waals surface area contributed by atoms with Crippen molar-refractivity contribution in [3.63, 3.8) is 0 Å². The van der Waals surface area contributed by atoms with Crippen molar-refractivity contribution in [1.29, 1.82) is 0 Å². The van der Waals surface area contributed by atoms with E-state index in [1.165, 1.54) is 0 Å². The molecule has 0 amide bonds. The summed E-state index contributed by atoms with van der Waals surface area (Å²) < 4.78 is 12.6. The maximum atomic E-state index is 5.73. The quantitative estimate of drug-likeness (QED) is 0.820. The van der Waals surface area contributed by atoms with Gasteiger partial charge in [0.2, 0.25) is 0 Å². The van der Waals surface area contributed by atoms with Gasteiger partial charge in [0.05, 0.1) is 21.7 Å². The first-order chi connectivity index (χ1) is 9.13. The van der Waals surface area contributed by atoms with Crippen LogP contribution in [0.4, 0.5) is 0 Å². The van der Waals surface area contributed by atoms with Crippen molar-refractivity contribution < 1.29 is 9.47 Å². The zero-order chi connectivity index (χ0) is 13.8. The summed E-state index contributed by atoms with van der Waals surface area (Å²) in [7, 11) is 1.62. The van der Waals surface area contributed by atoms with Crippen LogP contribution in [0.25, 0.3) is 0 Å². The average molecular weight is 408 g/mol. The molecule has 0 saturated heterocycles. The van der Waals surface area contributed by atoms with Crippen LogP contribution in [-0.2, 0) is 13.2 Å². The molecule has 0 bridgehead atoms. The number of methoxy groups -OCH3 is 1. The van der Waals surface area contributed by atoms with E-state index in [-0.39, 0.29) is 0 Å². The van der Waals surface area contributed by atoms with Crippen LogP contribution in [0.5, 0.6) is 11.5 Å². The molecule has 0 saturated carbocycles. The molecular formula is C12H12Br2N2O2S. The summed E-state index contributed by atoms with van der Waals surface area (Å²) >= 11 is 8.42. The third-order valence-electron chi connectivity index (χ3n) is 2.36. The van der Waals surface area contributed by atoms with Gasteiger partial charge in [-0.3, -0.25) is 0 Å². The number of rotatable bonds is 5. The predicted octanol–water partition coefficient (Wildman–Crippen LogP) is 3.71. The first-order valence-corrected chi connectivity index (χ1v) is 7.89. The van der Waals surface area contributed by atoms with Crippen LogP contribution in [0.2, 0.25) is 0 Å². The summed E-state index contributed by atoms with van der Waals surface area (Å²) in [5, 5.41) is 2.86. The molecule has 0 radical (unpaired) electrons. The summed E-state index contributed by atoms with van der Waals surface area (Å²) in [4.78, 5) is 4.35. The zero-order valence-electron chi connectivity index (χ0n) is 10.2. The minimum absolute atomic E-state index is 0.411. The highest BCUT2D eigenvalue weighted by Crippen LogP contribution is 2.36. The van der Waals surface area contributed by atoms with Gasteiger partial charge in [0.15, 0.2) is 0 Å². The minimum atomic E-state index is 0.411. The summed E-state index contributed by atoms with van der Waals surface area (Å²) in [6.07, 6.45) is 0. The number of thiazole rings is 1. The van der Waals surface area contributed by atoms with Gasteiger partial charge in [-0.05, 0) is 44.0 Å². The van der Waals surface area contributed by atoms with Crippen LogP contribution < -0.4 is 15.2 Å². The number of halogens is 2. The fourth-order valence-electron chi connectivity index (χ4n) is 1.44. The predicted molar refractivity (Wildman–Crippen MR) is 82.7 cm³/mol. The van der Waals surface area contributed by atoms with Gasteiger partial charge in [0.25, 0.3) is 0 Å². The van der Waals surface area contributed by atoms with Crippen LogP contribution in [0.15, 0.2) is 26.5 Å². The number of aromatic nitrogens is 1. The topological polar surface area (TPSA) is 57.4 Å². The first kappa shape index (κ1) is 14.8. The van der Waals surface area contributed by atoms with E-state index in [9.17, 15) is 0 Å². The molecule has 2 rings (SSSR count). The SMILES string of the molecule is COc1cc(Br)c(OCc2csc(CN)n2)cc1Br. The Morgan fingerprint density at radius 3 is 2.58 bits per heavy atom. The van der Waals surface area contributed by atoms with Crippen molar-refractivity contribution in [3.8, 4) is 11.5 Å². The molecule has 0 aliphatic heterocycles. The number of nitrogens with zero attached hydrogens (tertiary/aromatic N) is 1. The largest absolute Gasteiger partial charge is 0.496 e. The van der Waals surface area contributed by atoms with Gasteiger partial charge in [-0.2, -0.15) is 0 Å². The fraction of sp³-hybridized carbons (Fsp3) is 0.250. The number of hydrogen-bond donors (Lipinski definition) is 1. The van der Waals surface area contributed by atoms with Crippen molar-refractivity contribution in [2.24, 2.45) is 5.73 Å². The molecule has 0 fully saturated rings. The Morgan fingerprint density at radius 2 is 1.95 bits per heavy atom. The Morgan fingerprint density at radius 1 is 1.26 bits per heavy atom. The van der Waals surface area contributed by atoms with E-state index in [4.69, 9.17) is 15.2 Å². The number of benzene rings is 1. The Balaban J connectivity index is 2.09. The maximum absolute atomic E-state index is 5.73. The summed E-state index contributed by atoms with van der Waals surface area (Å²) in [5.41, 5.74) is 6.40. The van der Waals surface area contributed by atoms with Crippen LogP contribution in [0, 0.1) is 0 Å². The van der Waals surface area contributed by atoms with Gasteiger partial charge >= 0.3 is 0 Å². The molecule has 7 heteroatoms. The van der Waals surface area contributed by atoms with Gasteiger partial charge in [-0.1, -0.05) is 0 Å². The van der Waals surface area contributed by atoms with Crippen molar-refractivity contribution >= 4 is 43.2 Å². The van der Waals surface area contributed by atoms with Gasteiger partial charge in [-0.25, -0.2) is 4.98 Å². The van der Waals surface area contributed by atoms with Crippen LogP contribution >= 0.6 is 43.2 Å². The Labute approximate surface area is 132 Å². The lowest BCUT2D eigenvalue weighted by molar-refractivity contribution is 0.299. The van der Waals surface area contributed by atoms with E-state index in [1.807, 2.05) is 17.5 Å². The van der Waals surface area contributed by atoms with Gasteiger partial charge in [-0.15, -0.1) is 11.3 Å². The van der Waals surface area contributed by atoms with Gasteiger partial charge in [0.1, 0.15) is 23.1 Å². The van der Waals surface area contributed by atoms with E-state index in [0.29, 0.717) is 13.2 Å². The van der Waals surface area contributed by atoms with Crippen molar-refractivity contribution in [2.45, 2.75) is 13.2 Å². The van der Waals surface area contributed by atoms with Crippen LogP contribution in [0.3, 0.4) is 0 Å². The normalized spacial score (nSPS) is 10.5.